The van der Waals surface area contributed by atoms with E-state index in [0.717, 1.165) is 4.57 Å². The van der Waals surface area contributed by atoms with Crippen LogP contribution in [-0.2, 0) is 13.6 Å². The number of aromatic nitrogens is 5. The number of aryl methyl sites for hydroxylation is 1. The van der Waals surface area contributed by atoms with E-state index in [1.54, 1.807) is 30.6 Å². The van der Waals surface area contributed by atoms with E-state index < -0.39 is 17.1 Å². The number of hydrogen-bond acceptors (Lipinski definition) is 5. The molecule has 140 valence electrons. The molecule has 0 radical (unpaired) electrons. The van der Waals surface area contributed by atoms with Gasteiger partial charge in [-0.25, -0.2) is 19.2 Å². The minimum atomic E-state index is -0.587. The van der Waals surface area contributed by atoms with Gasteiger partial charge >= 0.3 is 5.69 Å². The Morgan fingerprint density at radius 3 is 2.71 bits per heavy atom. The maximum absolute atomic E-state index is 14.2. The Morgan fingerprint density at radius 2 is 2.00 bits per heavy atom. The van der Waals surface area contributed by atoms with Crippen LogP contribution in [0.4, 0.5) is 4.39 Å². The predicted molar refractivity (Wildman–Crippen MR) is 105 cm³/mol. The van der Waals surface area contributed by atoms with E-state index in [0.29, 0.717) is 15.9 Å². The highest BCUT2D eigenvalue weighted by Gasteiger charge is 2.15. The first-order valence-corrected chi connectivity index (χ1v) is 9.06. The van der Waals surface area contributed by atoms with Gasteiger partial charge in [0, 0.05) is 41.2 Å². The molecule has 0 saturated heterocycles. The van der Waals surface area contributed by atoms with Gasteiger partial charge in [0.1, 0.15) is 11.2 Å². The zero-order valence-corrected chi connectivity index (χ0v) is 16.2. The van der Waals surface area contributed by atoms with Gasteiger partial charge in [-0.3, -0.25) is 18.9 Å². The molecule has 0 aliphatic rings. The standard InChI is InChI=1S/C19H13BrFN5O2/c1-25-17-14(9-23-16(24-17)11-3-2-6-22-8-11)18(27)26(19(25)28)10-12-4-5-13(20)7-15(12)21/h2-9H,10H2,1H3. The van der Waals surface area contributed by atoms with Gasteiger partial charge in [0.05, 0.1) is 6.54 Å². The Labute approximate surface area is 166 Å². The molecule has 9 heteroatoms. The van der Waals surface area contributed by atoms with Crippen molar-refractivity contribution in [3.63, 3.8) is 0 Å². The summed E-state index contributed by atoms with van der Waals surface area (Å²) in [6.45, 7) is -0.190. The predicted octanol–water partition coefficient (Wildman–Crippen LogP) is 2.50. The molecule has 4 aromatic rings. The minimum Gasteiger partial charge on any atom is -0.280 e. The lowest BCUT2D eigenvalue weighted by molar-refractivity contribution is 0.582. The average Bonchev–Trinajstić information content (AvgIpc) is 2.71. The number of nitrogens with zero attached hydrogens (tertiary/aromatic N) is 5. The second-order valence-corrected chi connectivity index (χ2v) is 7.06. The molecule has 3 aromatic heterocycles. The molecule has 0 aliphatic heterocycles. The van der Waals surface area contributed by atoms with Crippen molar-refractivity contribution < 1.29 is 4.39 Å². The van der Waals surface area contributed by atoms with Crippen molar-refractivity contribution in [2.75, 3.05) is 0 Å². The van der Waals surface area contributed by atoms with Gasteiger partial charge in [-0.15, -0.1) is 0 Å². The molecule has 0 amide bonds. The smallest absolute Gasteiger partial charge is 0.280 e. The normalized spacial score (nSPS) is 11.1. The molecule has 0 N–H and O–H groups in total. The summed E-state index contributed by atoms with van der Waals surface area (Å²) in [6.07, 6.45) is 4.60. The first-order chi connectivity index (χ1) is 13.5. The highest BCUT2D eigenvalue weighted by molar-refractivity contribution is 9.10. The maximum atomic E-state index is 14.2. The number of halogens is 2. The van der Waals surface area contributed by atoms with Crippen molar-refractivity contribution in [2.24, 2.45) is 7.05 Å². The summed E-state index contributed by atoms with van der Waals surface area (Å²) < 4.78 is 17.0. The molecule has 4 rings (SSSR count). The van der Waals surface area contributed by atoms with Crippen LogP contribution >= 0.6 is 15.9 Å². The Morgan fingerprint density at radius 1 is 1.18 bits per heavy atom. The van der Waals surface area contributed by atoms with Crippen molar-refractivity contribution in [1.82, 2.24) is 24.1 Å². The highest BCUT2D eigenvalue weighted by atomic mass is 79.9. The zero-order chi connectivity index (χ0) is 19.8. The molecular formula is C19H13BrFN5O2. The first kappa shape index (κ1) is 18.2. The molecule has 7 nitrogen and oxygen atoms in total. The SMILES string of the molecule is Cn1c(=O)n(Cc2ccc(Br)cc2F)c(=O)c2cnc(-c3cccnc3)nc21. The van der Waals surface area contributed by atoms with Crippen LogP contribution in [0.3, 0.4) is 0 Å². The van der Waals surface area contributed by atoms with Gasteiger partial charge in [-0.1, -0.05) is 22.0 Å². The Bertz CT molecular complexity index is 1320. The van der Waals surface area contributed by atoms with E-state index >= 15 is 0 Å². The van der Waals surface area contributed by atoms with Gasteiger partial charge < -0.3 is 0 Å². The zero-order valence-electron chi connectivity index (χ0n) is 14.6. The second-order valence-electron chi connectivity index (χ2n) is 6.14. The monoisotopic (exact) mass is 441 g/mol. The average molecular weight is 442 g/mol. The molecule has 0 unspecified atom stereocenters. The summed E-state index contributed by atoms with van der Waals surface area (Å²) >= 11 is 3.19. The van der Waals surface area contributed by atoms with Gasteiger partial charge in [-0.2, -0.15) is 0 Å². The van der Waals surface area contributed by atoms with Crippen molar-refractivity contribution in [3.05, 3.63) is 85.6 Å². The second kappa shape index (κ2) is 7.08. The summed E-state index contributed by atoms with van der Waals surface area (Å²) in [7, 11) is 1.51. The van der Waals surface area contributed by atoms with Crippen LogP contribution in [-0.4, -0.2) is 24.1 Å². The number of benzene rings is 1. The molecule has 0 saturated carbocycles. The number of hydrogen-bond donors (Lipinski definition) is 0. The molecule has 0 spiro atoms. The highest BCUT2D eigenvalue weighted by Crippen LogP contribution is 2.17. The van der Waals surface area contributed by atoms with Crippen LogP contribution in [0, 0.1) is 5.82 Å². The Balaban J connectivity index is 1.88. The van der Waals surface area contributed by atoms with E-state index in [-0.39, 0.29) is 23.1 Å². The lowest BCUT2D eigenvalue weighted by Crippen LogP contribution is -2.40. The van der Waals surface area contributed by atoms with Crippen LogP contribution in [0.2, 0.25) is 0 Å². The summed E-state index contributed by atoms with van der Waals surface area (Å²) in [4.78, 5) is 38.2. The largest absolute Gasteiger partial charge is 0.332 e. The summed E-state index contributed by atoms with van der Waals surface area (Å²) in [5, 5.41) is 0.173. The van der Waals surface area contributed by atoms with E-state index in [2.05, 4.69) is 30.9 Å². The number of rotatable bonds is 3. The van der Waals surface area contributed by atoms with Crippen LogP contribution in [0.1, 0.15) is 5.56 Å². The van der Waals surface area contributed by atoms with Gasteiger partial charge in [0.25, 0.3) is 5.56 Å². The van der Waals surface area contributed by atoms with Crippen LogP contribution in [0.25, 0.3) is 22.4 Å². The third-order valence-electron chi connectivity index (χ3n) is 4.34. The summed E-state index contributed by atoms with van der Waals surface area (Å²) in [5.41, 5.74) is -0.0576. The van der Waals surface area contributed by atoms with Gasteiger partial charge in [0.2, 0.25) is 0 Å². The summed E-state index contributed by atoms with van der Waals surface area (Å²) in [5.74, 6) is -0.154. The van der Waals surface area contributed by atoms with E-state index in [1.807, 2.05) is 0 Å². The topological polar surface area (TPSA) is 82.7 Å². The number of pyridine rings is 1. The third kappa shape index (κ3) is 3.13. The van der Waals surface area contributed by atoms with Gasteiger partial charge in [-0.05, 0) is 24.3 Å². The molecule has 0 bridgehead atoms. The van der Waals surface area contributed by atoms with Crippen molar-refractivity contribution in [2.45, 2.75) is 6.54 Å². The third-order valence-corrected chi connectivity index (χ3v) is 4.84. The fraction of sp³-hybridized carbons (Fsp3) is 0.105. The lowest BCUT2D eigenvalue weighted by atomic mass is 10.2. The quantitative estimate of drug-likeness (QED) is 0.487. The van der Waals surface area contributed by atoms with Crippen LogP contribution in [0.15, 0.2) is 63.0 Å². The molecule has 3 heterocycles. The van der Waals surface area contributed by atoms with Crippen molar-refractivity contribution in [1.29, 1.82) is 0 Å². The molecule has 1 aromatic carbocycles. The lowest BCUT2D eigenvalue weighted by Gasteiger charge is -2.11. The van der Waals surface area contributed by atoms with Crippen LogP contribution < -0.4 is 11.2 Å². The fourth-order valence-electron chi connectivity index (χ4n) is 2.88. The minimum absolute atomic E-state index is 0.173. The van der Waals surface area contributed by atoms with E-state index in [4.69, 9.17) is 0 Å². The molecule has 0 fully saturated rings. The van der Waals surface area contributed by atoms with E-state index in [1.165, 1.54) is 29.9 Å². The van der Waals surface area contributed by atoms with Crippen molar-refractivity contribution >= 4 is 27.0 Å². The first-order valence-electron chi connectivity index (χ1n) is 8.26. The van der Waals surface area contributed by atoms with Crippen molar-refractivity contribution in [3.8, 4) is 11.4 Å². The Hall–Kier alpha value is -3.20. The molecular weight excluding hydrogens is 429 g/mol. The summed E-state index contributed by atoms with van der Waals surface area (Å²) in [6, 6.07) is 7.99. The molecule has 28 heavy (non-hydrogen) atoms. The van der Waals surface area contributed by atoms with E-state index in [9.17, 15) is 14.0 Å². The number of fused-ring (bicyclic) bond motifs is 1. The fourth-order valence-corrected chi connectivity index (χ4v) is 3.21. The van der Waals surface area contributed by atoms with Gasteiger partial charge in [0.15, 0.2) is 11.5 Å². The molecule has 0 atom stereocenters. The molecule has 0 aliphatic carbocycles. The Kier molecular flexibility index (Phi) is 4.60. The van der Waals surface area contributed by atoms with Crippen LogP contribution in [0.5, 0.6) is 0 Å². The maximum Gasteiger partial charge on any atom is 0.332 e.